The molecule has 9 heteroatoms. The normalized spacial score (nSPS) is 10.9. The molecular weight excluding hydrogens is 458 g/mol. The molecule has 0 bridgehead atoms. The lowest BCUT2D eigenvalue weighted by Crippen LogP contribution is -2.01. The van der Waals surface area contributed by atoms with Crippen molar-refractivity contribution < 1.29 is 24.1 Å². The zero-order chi connectivity index (χ0) is 24.2. The number of halogens is 1. The van der Waals surface area contributed by atoms with E-state index in [1.165, 1.54) is 14.2 Å². The molecule has 0 aliphatic carbocycles. The van der Waals surface area contributed by atoms with E-state index in [4.69, 9.17) is 25.5 Å². The van der Waals surface area contributed by atoms with Crippen molar-refractivity contribution in [3.05, 3.63) is 53.2 Å². The summed E-state index contributed by atoms with van der Waals surface area (Å²) in [5, 5.41) is 30.9. The predicted octanol–water partition coefficient (Wildman–Crippen LogP) is 5.89. The third kappa shape index (κ3) is 4.36. The molecule has 2 aromatic carbocycles. The van der Waals surface area contributed by atoms with Crippen LogP contribution in [0.3, 0.4) is 0 Å². The maximum Gasteiger partial charge on any atom is 0.257 e. The lowest BCUT2D eigenvalue weighted by molar-refractivity contribution is 0.395. The largest absolute Gasteiger partial charge is 0.506 e. The van der Waals surface area contributed by atoms with Gasteiger partial charge in [0.1, 0.15) is 22.8 Å². The van der Waals surface area contributed by atoms with Crippen molar-refractivity contribution in [2.75, 3.05) is 14.2 Å². The maximum absolute atomic E-state index is 11.5. The van der Waals surface area contributed by atoms with Gasteiger partial charge in [-0.05, 0) is 43.2 Å². The molecule has 34 heavy (non-hydrogen) atoms. The van der Waals surface area contributed by atoms with Crippen LogP contribution in [0.5, 0.6) is 23.1 Å². The highest BCUT2D eigenvalue weighted by molar-refractivity contribution is 6.30. The number of rotatable bonds is 8. The molecule has 2 N–H and O–H groups in total. The van der Waals surface area contributed by atoms with E-state index in [0.29, 0.717) is 45.3 Å². The molecule has 2 aromatic heterocycles. The molecule has 0 saturated heterocycles. The Bertz CT molecular complexity index is 1300. The number of aryl methyl sites for hydroxylation is 1. The molecule has 4 aromatic rings. The zero-order valence-corrected chi connectivity index (χ0v) is 19.8. The third-order valence-electron chi connectivity index (χ3n) is 5.38. The highest BCUT2D eigenvalue weighted by atomic mass is 35.5. The van der Waals surface area contributed by atoms with Crippen molar-refractivity contribution in [1.82, 2.24) is 15.2 Å². The average Bonchev–Trinajstić information content (AvgIpc) is 3.32. The van der Waals surface area contributed by atoms with E-state index in [-0.39, 0.29) is 23.1 Å². The summed E-state index contributed by atoms with van der Waals surface area (Å²) in [6.45, 7) is 2.05. The van der Waals surface area contributed by atoms with Crippen molar-refractivity contribution in [2.45, 2.75) is 26.2 Å². The lowest BCUT2D eigenvalue weighted by Gasteiger charge is -2.18. The van der Waals surface area contributed by atoms with Crippen LogP contribution in [0, 0.1) is 0 Å². The fourth-order valence-corrected chi connectivity index (χ4v) is 3.94. The van der Waals surface area contributed by atoms with Crippen LogP contribution in [0.15, 0.2) is 46.9 Å². The average molecular weight is 482 g/mol. The highest BCUT2D eigenvalue weighted by Gasteiger charge is 2.28. The molecule has 0 spiro atoms. The lowest BCUT2D eigenvalue weighted by atomic mass is 9.95. The number of hydrogen-bond acceptors (Lipinski definition) is 8. The van der Waals surface area contributed by atoms with Gasteiger partial charge in [-0.1, -0.05) is 37.1 Å². The summed E-state index contributed by atoms with van der Waals surface area (Å²) in [6, 6.07) is 12.2. The van der Waals surface area contributed by atoms with E-state index >= 15 is 0 Å². The second-order valence-corrected chi connectivity index (χ2v) is 7.98. The van der Waals surface area contributed by atoms with Crippen LogP contribution in [0.2, 0.25) is 5.02 Å². The van der Waals surface area contributed by atoms with E-state index in [9.17, 15) is 10.2 Å². The van der Waals surface area contributed by atoms with E-state index in [0.717, 1.165) is 12.8 Å². The first kappa shape index (κ1) is 23.4. The van der Waals surface area contributed by atoms with Crippen LogP contribution in [-0.2, 0) is 6.42 Å². The van der Waals surface area contributed by atoms with Crippen molar-refractivity contribution >= 4 is 11.6 Å². The highest BCUT2D eigenvalue weighted by Crippen LogP contribution is 2.49. The summed E-state index contributed by atoms with van der Waals surface area (Å²) in [4.78, 5) is 4.41. The summed E-state index contributed by atoms with van der Waals surface area (Å²) in [7, 11) is 3.07. The van der Waals surface area contributed by atoms with Gasteiger partial charge in [0.15, 0.2) is 0 Å². The van der Waals surface area contributed by atoms with E-state index in [1.807, 2.05) is 6.92 Å². The minimum absolute atomic E-state index is 0.0796. The van der Waals surface area contributed by atoms with Gasteiger partial charge in [-0.15, -0.1) is 10.2 Å². The van der Waals surface area contributed by atoms with Gasteiger partial charge in [0.05, 0.1) is 31.0 Å². The molecular formula is C25H24ClN3O5. The van der Waals surface area contributed by atoms with Gasteiger partial charge in [-0.2, -0.15) is 0 Å². The first-order chi connectivity index (χ1) is 16.5. The molecule has 0 fully saturated rings. The number of unbranched alkanes of at least 4 members (excludes halogenated alkanes) is 1. The zero-order valence-electron chi connectivity index (χ0n) is 19.0. The van der Waals surface area contributed by atoms with Crippen molar-refractivity contribution in [1.29, 1.82) is 0 Å². The third-order valence-corrected chi connectivity index (χ3v) is 5.62. The van der Waals surface area contributed by atoms with Crippen LogP contribution < -0.4 is 9.47 Å². The minimum Gasteiger partial charge on any atom is -0.506 e. The molecule has 0 aliphatic heterocycles. The minimum atomic E-state index is -0.414. The summed E-state index contributed by atoms with van der Waals surface area (Å²) in [6.07, 6.45) is 2.22. The first-order valence-corrected chi connectivity index (χ1v) is 11.1. The Kier molecular flexibility index (Phi) is 6.88. The van der Waals surface area contributed by atoms with E-state index in [2.05, 4.69) is 15.2 Å². The SMILES string of the molecule is CCCCc1nc(O)c(-c2nnc(-c3cccc(Cl)c3)o2)c(O)c1-c1c(OC)cccc1OC. The summed E-state index contributed by atoms with van der Waals surface area (Å²) in [5.74, 6) is 0.384. The number of benzene rings is 2. The molecule has 0 atom stereocenters. The molecule has 8 nitrogen and oxygen atoms in total. The van der Waals surface area contributed by atoms with Gasteiger partial charge < -0.3 is 24.1 Å². The van der Waals surface area contributed by atoms with Gasteiger partial charge in [-0.3, -0.25) is 0 Å². The second-order valence-electron chi connectivity index (χ2n) is 7.54. The molecule has 176 valence electrons. The topological polar surface area (TPSA) is 111 Å². The second kappa shape index (κ2) is 10.0. The van der Waals surface area contributed by atoms with E-state index in [1.54, 1.807) is 42.5 Å². The van der Waals surface area contributed by atoms with Crippen molar-refractivity contribution in [3.8, 4) is 57.2 Å². The van der Waals surface area contributed by atoms with Crippen molar-refractivity contribution in [2.24, 2.45) is 0 Å². The van der Waals surface area contributed by atoms with Crippen LogP contribution in [0.4, 0.5) is 0 Å². The number of ether oxygens (including phenoxy) is 2. The molecule has 2 heterocycles. The van der Waals surface area contributed by atoms with Gasteiger partial charge in [0.25, 0.3) is 5.89 Å². The van der Waals surface area contributed by atoms with Crippen molar-refractivity contribution in [3.63, 3.8) is 0 Å². The Hall–Kier alpha value is -3.78. The van der Waals surface area contributed by atoms with Crippen LogP contribution in [0.25, 0.3) is 34.0 Å². The standard InChI is InChI=1S/C25H24ClN3O5/c1-4-5-10-16-19(20-17(32-2)11-7-12-18(20)33-3)22(30)21(23(31)27-16)25-29-28-24(34-25)14-8-6-9-15(26)13-14/h6-9,11-13H,4-5,10H2,1-3H3,(H2,27,30,31). The predicted molar refractivity (Wildman–Crippen MR) is 128 cm³/mol. The maximum atomic E-state index is 11.5. The smallest absolute Gasteiger partial charge is 0.257 e. The van der Waals surface area contributed by atoms with E-state index < -0.39 is 5.88 Å². The molecule has 4 rings (SSSR count). The monoisotopic (exact) mass is 481 g/mol. The molecule has 0 saturated carbocycles. The fourth-order valence-electron chi connectivity index (χ4n) is 3.75. The number of nitrogens with zero attached hydrogens (tertiary/aromatic N) is 3. The Morgan fingerprint density at radius 2 is 1.59 bits per heavy atom. The first-order valence-electron chi connectivity index (χ1n) is 10.7. The summed E-state index contributed by atoms with van der Waals surface area (Å²) >= 11 is 6.07. The number of aromatic hydroxyl groups is 2. The van der Waals surface area contributed by atoms with Gasteiger partial charge in [0.2, 0.25) is 11.8 Å². The number of methoxy groups -OCH3 is 2. The Balaban J connectivity index is 1.94. The van der Waals surface area contributed by atoms with Crippen LogP contribution >= 0.6 is 11.6 Å². The van der Waals surface area contributed by atoms with Gasteiger partial charge >= 0.3 is 0 Å². The Morgan fingerprint density at radius 3 is 2.24 bits per heavy atom. The summed E-state index contributed by atoms with van der Waals surface area (Å²) < 4.78 is 16.9. The summed E-state index contributed by atoms with van der Waals surface area (Å²) in [5.41, 5.74) is 1.91. The quantitative estimate of drug-likeness (QED) is 0.320. The Morgan fingerprint density at radius 1 is 0.912 bits per heavy atom. The number of hydrogen-bond donors (Lipinski definition) is 2. The van der Waals surface area contributed by atoms with Gasteiger partial charge in [-0.25, -0.2) is 4.98 Å². The molecule has 0 unspecified atom stereocenters. The molecule has 0 aliphatic rings. The van der Waals surface area contributed by atoms with Crippen LogP contribution in [-0.4, -0.2) is 39.6 Å². The van der Waals surface area contributed by atoms with Crippen LogP contribution in [0.1, 0.15) is 25.5 Å². The Labute approximate surface area is 201 Å². The number of aromatic nitrogens is 3. The number of pyridine rings is 1. The van der Waals surface area contributed by atoms with Gasteiger partial charge in [0, 0.05) is 10.6 Å². The molecule has 0 amide bonds. The molecule has 0 radical (unpaired) electrons. The fraction of sp³-hybridized carbons (Fsp3) is 0.240.